The standard InChI is InChI=1S/C37H45NO7/c1-20-21(2)33-30(22(3)32(20)44-23(4)39)29(41)18-37(11,45-33)19-43-26-14-12-24(13-15-26)38-34(42)31-27(35(5,6)7)16-25(40)17-28(31)36(8,9)10/h12-17,40H,18-19H2,1-11H3,(H,38,42). The van der Waals surface area contributed by atoms with Crippen LogP contribution in [0.4, 0.5) is 5.69 Å². The molecule has 1 aliphatic heterocycles. The number of hydrogen-bond donors (Lipinski definition) is 2. The summed E-state index contributed by atoms with van der Waals surface area (Å²) in [6.45, 7) is 20.8. The maximum atomic E-state index is 13.7. The Bertz CT molecular complexity index is 1640. The summed E-state index contributed by atoms with van der Waals surface area (Å²) >= 11 is 0. The summed E-state index contributed by atoms with van der Waals surface area (Å²) in [5.41, 5.74) is 3.53. The van der Waals surface area contributed by atoms with E-state index >= 15 is 0 Å². The van der Waals surface area contributed by atoms with Crippen molar-refractivity contribution in [3.63, 3.8) is 0 Å². The van der Waals surface area contributed by atoms with Crippen molar-refractivity contribution in [3.8, 4) is 23.0 Å². The van der Waals surface area contributed by atoms with Gasteiger partial charge in [-0.2, -0.15) is 0 Å². The molecule has 45 heavy (non-hydrogen) atoms. The minimum absolute atomic E-state index is 0.0931. The quantitative estimate of drug-likeness (QED) is 0.214. The molecule has 240 valence electrons. The summed E-state index contributed by atoms with van der Waals surface area (Å²) in [5.74, 6) is 0.775. The number of hydrogen-bond acceptors (Lipinski definition) is 7. The first-order valence-corrected chi connectivity index (χ1v) is 15.2. The van der Waals surface area contributed by atoms with E-state index in [9.17, 15) is 19.5 Å². The number of rotatable bonds is 6. The number of esters is 1. The maximum absolute atomic E-state index is 13.7. The molecule has 3 aromatic rings. The molecular formula is C37H45NO7. The van der Waals surface area contributed by atoms with Gasteiger partial charge in [0, 0.05) is 23.7 Å². The number of ether oxygens (including phenoxy) is 3. The number of anilines is 1. The van der Waals surface area contributed by atoms with Crippen LogP contribution in [-0.4, -0.2) is 35.0 Å². The highest BCUT2D eigenvalue weighted by Gasteiger charge is 2.40. The predicted molar refractivity (Wildman–Crippen MR) is 175 cm³/mol. The second-order valence-corrected chi connectivity index (χ2v) is 14.3. The normalized spacial score (nSPS) is 16.5. The number of ketones is 1. The molecule has 0 aromatic heterocycles. The number of carbonyl (C=O) groups excluding carboxylic acids is 3. The lowest BCUT2D eigenvalue weighted by Gasteiger charge is -2.36. The Morgan fingerprint density at radius 3 is 2.00 bits per heavy atom. The van der Waals surface area contributed by atoms with Gasteiger partial charge in [-0.25, -0.2) is 0 Å². The molecule has 3 aromatic carbocycles. The molecule has 0 saturated carbocycles. The van der Waals surface area contributed by atoms with Crippen LogP contribution in [0.2, 0.25) is 0 Å². The highest BCUT2D eigenvalue weighted by atomic mass is 16.5. The highest BCUT2D eigenvalue weighted by molar-refractivity contribution is 6.07. The van der Waals surface area contributed by atoms with E-state index in [1.807, 2.05) is 62.3 Å². The van der Waals surface area contributed by atoms with Gasteiger partial charge in [0.1, 0.15) is 35.2 Å². The zero-order valence-electron chi connectivity index (χ0n) is 28.3. The molecule has 1 unspecified atom stereocenters. The molecule has 8 nitrogen and oxygen atoms in total. The average molecular weight is 616 g/mol. The third-order valence-electron chi connectivity index (χ3n) is 8.22. The molecule has 8 heteroatoms. The van der Waals surface area contributed by atoms with Gasteiger partial charge in [0.15, 0.2) is 5.78 Å². The van der Waals surface area contributed by atoms with Crippen molar-refractivity contribution in [1.29, 1.82) is 0 Å². The van der Waals surface area contributed by atoms with Crippen LogP contribution < -0.4 is 19.5 Å². The molecule has 0 fully saturated rings. The van der Waals surface area contributed by atoms with Crippen molar-refractivity contribution in [1.82, 2.24) is 0 Å². The van der Waals surface area contributed by atoms with Crippen molar-refractivity contribution in [2.45, 2.75) is 99.0 Å². The average Bonchev–Trinajstić information content (AvgIpc) is 2.92. The number of aromatic hydroxyl groups is 1. The molecule has 0 aliphatic carbocycles. The van der Waals surface area contributed by atoms with E-state index in [4.69, 9.17) is 14.2 Å². The number of phenolic OH excluding ortho intramolecular Hbond substituents is 1. The summed E-state index contributed by atoms with van der Waals surface area (Å²) in [7, 11) is 0. The second kappa shape index (κ2) is 11.9. The first kappa shape index (κ1) is 33.6. The third kappa shape index (κ3) is 7.00. The van der Waals surface area contributed by atoms with Gasteiger partial charge < -0.3 is 24.6 Å². The third-order valence-corrected chi connectivity index (χ3v) is 8.22. The lowest BCUT2D eigenvalue weighted by atomic mass is 9.76. The topological polar surface area (TPSA) is 111 Å². The van der Waals surface area contributed by atoms with E-state index in [0.29, 0.717) is 39.6 Å². The SMILES string of the molecule is CC(=O)Oc1c(C)c(C)c2c(c1C)C(=O)CC(C)(COc1ccc(NC(=O)c3c(C(C)(C)C)cc(O)cc3C(C)(C)C)cc1)O2. The highest BCUT2D eigenvalue weighted by Crippen LogP contribution is 2.44. The number of nitrogens with one attached hydrogen (secondary N) is 1. The van der Waals surface area contributed by atoms with E-state index in [1.54, 1.807) is 43.3 Å². The zero-order chi connectivity index (χ0) is 33.6. The van der Waals surface area contributed by atoms with Crippen LogP contribution >= 0.6 is 0 Å². The van der Waals surface area contributed by atoms with Gasteiger partial charge in [0.2, 0.25) is 0 Å². The number of benzene rings is 3. The lowest BCUT2D eigenvalue weighted by molar-refractivity contribution is -0.132. The Morgan fingerprint density at radius 2 is 1.49 bits per heavy atom. The fourth-order valence-electron chi connectivity index (χ4n) is 5.76. The minimum atomic E-state index is -0.921. The van der Waals surface area contributed by atoms with Crippen LogP contribution in [0.3, 0.4) is 0 Å². The van der Waals surface area contributed by atoms with E-state index in [0.717, 1.165) is 22.3 Å². The Morgan fingerprint density at radius 1 is 0.933 bits per heavy atom. The summed E-state index contributed by atoms with van der Waals surface area (Å²) in [6, 6.07) is 10.4. The number of amides is 1. The van der Waals surface area contributed by atoms with Gasteiger partial charge in [-0.05, 0) is 97.2 Å². The van der Waals surface area contributed by atoms with E-state index in [1.165, 1.54) is 6.92 Å². The smallest absolute Gasteiger partial charge is 0.308 e. The molecule has 1 amide bonds. The summed E-state index contributed by atoms with van der Waals surface area (Å²) in [6.07, 6.45) is 0.0931. The summed E-state index contributed by atoms with van der Waals surface area (Å²) in [4.78, 5) is 38.7. The van der Waals surface area contributed by atoms with E-state index in [-0.39, 0.29) is 41.3 Å². The molecule has 1 atom stereocenters. The monoisotopic (exact) mass is 615 g/mol. The Balaban J connectivity index is 1.52. The molecular weight excluding hydrogens is 570 g/mol. The van der Waals surface area contributed by atoms with Crippen LogP contribution in [0.25, 0.3) is 0 Å². The second-order valence-electron chi connectivity index (χ2n) is 14.3. The molecule has 4 rings (SSSR count). The molecule has 0 spiro atoms. The number of fused-ring (bicyclic) bond motifs is 1. The van der Waals surface area contributed by atoms with Gasteiger partial charge in [0.05, 0.1) is 12.0 Å². The first-order valence-electron chi connectivity index (χ1n) is 15.2. The Hall–Kier alpha value is -4.33. The summed E-state index contributed by atoms with van der Waals surface area (Å²) in [5, 5.41) is 13.5. The van der Waals surface area contributed by atoms with Crippen molar-refractivity contribution in [3.05, 3.63) is 75.3 Å². The fraction of sp³-hybridized carbons (Fsp3) is 0.432. The number of phenols is 1. The van der Waals surface area contributed by atoms with Crippen LogP contribution in [0.1, 0.15) is 110 Å². The van der Waals surface area contributed by atoms with E-state index < -0.39 is 11.6 Å². The molecule has 1 heterocycles. The molecule has 0 radical (unpaired) electrons. The van der Waals surface area contributed by atoms with Gasteiger partial charge in [-0.3, -0.25) is 14.4 Å². The van der Waals surface area contributed by atoms with Gasteiger partial charge >= 0.3 is 5.97 Å². The van der Waals surface area contributed by atoms with Crippen LogP contribution in [0.5, 0.6) is 23.0 Å². The predicted octanol–water partition coefficient (Wildman–Crippen LogP) is 7.89. The van der Waals surface area contributed by atoms with Crippen molar-refractivity contribution in [2.75, 3.05) is 11.9 Å². The van der Waals surface area contributed by atoms with Crippen molar-refractivity contribution < 1.29 is 33.7 Å². The Kier molecular flexibility index (Phi) is 8.86. The molecule has 1 aliphatic rings. The fourth-order valence-corrected chi connectivity index (χ4v) is 5.76. The van der Waals surface area contributed by atoms with E-state index in [2.05, 4.69) is 5.32 Å². The number of Topliss-reactive ketones (excluding diaryl/α,β-unsaturated/α-hetero) is 1. The first-order chi connectivity index (χ1) is 20.7. The van der Waals surface area contributed by atoms with Crippen LogP contribution in [-0.2, 0) is 15.6 Å². The van der Waals surface area contributed by atoms with Crippen molar-refractivity contribution >= 4 is 23.3 Å². The van der Waals surface area contributed by atoms with Gasteiger partial charge in [-0.1, -0.05) is 41.5 Å². The minimum Gasteiger partial charge on any atom is -0.508 e. The largest absolute Gasteiger partial charge is 0.508 e. The Labute approximate surface area is 266 Å². The summed E-state index contributed by atoms with van der Waals surface area (Å²) < 4.78 is 17.9. The molecule has 0 bridgehead atoms. The van der Waals surface area contributed by atoms with Gasteiger partial charge in [-0.15, -0.1) is 0 Å². The van der Waals surface area contributed by atoms with Gasteiger partial charge in [0.25, 0.3) is 5.91 Å². The van der Waals surface area contributed by atoms with Crippen molar-refractivity contribution in [2.24, 2.45) is 0 Å². The zero-order valence-corrected chi connectivity index (χ0v) is 28.3. The molecule has 0 saturated heterocycles. The van der Waals surface area contributed by atoms with Crippen LogP contribution in [0.15, 0.2) is 36.4 Å². The number of carbonyl (C=O) groups is 3. The lowest BCUT2D eigenvalue weighted by Crippen LogP contribution is -2.45. The molecule has 2 N–H and O–H groups in total. The van der Waals surface area contributed by atoms with Crippen LogP contribution in [0, 0.1) is 20.8 Å². The maximum Gasteiger partial charge on any atom is 0.308 e.